The summed E-state index contributed by atoms with van der Waals surface area (Å²) in [5.41, 5.74) is 12.1. The molecule has 0 aliphatic rings. The van der Waals surface area contributed by atoms with Crippen LogP contribution >= 0.6 is 0 Å². The van der Waals surface area contributed by atoms with Crippen molar-refractivity contribution in [3.63, 3.8) is 0 Å². The molecule has 4 amide bonds. The van der Waals surface area contributed by atoms with Gasteiger partial charge in [-0.05, 0) is 43.5 Å². The summed E-state index contributed by atoms with van der Waals surface area (Å²) in [7, 11) is 0. The Balaban J connectivity index is 2.13. The van der Waals surface area contributed by atoms with Gasteiger partial charge in [-0.3, -0.25) is 19.2 Å². The lowest BCUT2D eigenvalue weighted by Gasteiger charge is -2.15. The maximum atomic E-state index is 12.0. The van der Waals surface area contributed by atoms with E-state index in [2.05, 4.69) is 16.0 Å². The second-order valence-electron chi connectivity index (χ2n) is 7.26. The molecule has 184 valence electrons. The van der Waals surface area contributed by atoms with E-state index in [0.717, 1.165) is 0 Å². The third-order valence-electron chi connectivity index (χ3n) is 4.55. The summed E-state index contributed by atoms with van der Waals surface area (Å²) in [4.78, 5) is 46.6. The number of carbonyl (C=O) groups excluding carboxylic acids is 4. The van der Waals surface area contributed by atoms with E-state index >= 15 is 0 Å². The van der Waals surface area contributed by atoms with Gasteiger partial charge in [0, 0.05) is 30.8 Å². The van der Waals surface area contributed by atoms with Crippen LogP contribution in [0.25, 0.3) is 0 Å². The Morgan fingerprint density at radius 2 is 1.61 bits per heavy atom. The van der Waals surface area contributed by atoms with Gasteiger partial charge in [-0.15, -0.1) is 0 Å². The zero-order chi connectivity index (χ0) is 24.5. The number of rotatable bonds is 17. The van der Waals surface area contributed by atoms with Gasteiger partial charge < -0.3 is 36.9 Å². The van der Waals surface area contributed by atoms with Crippen LogP contribution in [0.1, 0.15) is 43.0 Å². The summed E-state index contributed by atoms with van der Waals surface area (Å²) >= 11 is 0. The van der Waals surface area contributed by atoms with E-state index in [1.54, 1.807) is 31.2 Å². The van der Waals surface area contributed by atoms with Crippen molar-refractivity contribution >= 4 is 29.3 Å². The molecule has 0 saturated heterocycles. The largest absolute Gasteiger partial charge is 0.399 e. The first-order valence-corrected chi connectivity index (χ1v) is 11.0. The van der Waals surface area contributed by atoms with Crippen LogP contribution in [0.5, 0.6) is 0 Å². The van der Waals surface area contributed by atoms with Gasteiger partial charge in [0.05, 0.1) is 19.8 Å². The van der Waals surface area contributed by atoms with Crippen LogP contribution in [0.4, 0.5) is 5.69 Å². The number of hydrogen-bond donors (Lipinski definition) is 5. The number of unbranched alkanes of at least 4 members (excludes halogenated alkanes) is 1. The van der Waals surface area contributed by atoms with E-state index in [4.69, 9.17) is 20.9 Å². The molecule has 0 spiro atoms. The monoisotopic (exact) mass is 465 g/mol. The molecule has 0 fully saturated rings. The number of nitrogens with two attached hydrogens (primary N) is 2. The molecule has 1 aromatic rings. The van der Waals surface area contributed by atoms with E-state index in [1.165, 1.54) is 0 Å². The molecule has 0 heterocycles. The minimum atomic E-state index is -0.813. The van der Waals surface area contributed by atoms with E-state index < -0.39 is 17.9 Å². The van der Waals surface area contributed by atoms with Crippen molar-refractivity contribution < 1.29 is 28.7 Å². The molecule has 7 N–H and O–H groups in total. The molecule has 33 heavy (non-hydrogen) atoms. The van der Waals surface area contributed by atoms with E-state index in [0.29, 0.717) is 56.6 Å². The van der Waals surface area contributed by atoms with Crippen molar-refractivity contribution in [1.82, 2.24) is 16.0 Å². The molecule has 11 heteroatoms. The zero-order valence-electron chi connectivity index (χ0n) is 19.1. The molecule has 11 nitrogen and oxygen atoms in total. The number of benzene rings is 1. The molecular formula is C22H35N5O6. The summed E-state index contributed by atoms with van der Waals surface area (Å²) in [5, 5.41) is 8.01. The minimum absolute atomic E-state index is 0.0431. The number of nitrogen functional groups attached to an aromatic ring is 1. The number of amides is 4. The van der Waals surface area contributed by atoms with Crippen molar-refractivity contribution in [2.24, 2.45) is 5.73 Å². The maximum Gasteiger partial charge on any atom is 0.251 e. The predicted molar refractivity (Wildman–Crippen MR) is 123 cm³/mol. The molecule has 0 saturated carbocycles. The molecule has 1 rings (SSSR count). The lowest BCUT2D eigenvalue weighted by molar-refractivity contribution is -0.130. The van der Waals surface area contributed by atoms with Crippen molar-refractivity contribution in [3.8, 4) is 0 Å². The van der Waals surface area contributed by atoms with Crippen LogP contribution in [0.15, 0.2) is 24.3 Å². The van der Waals surface area contributed by atoms with Gasteiger partial charge in [-0.1, -0.05) is 6.92 Å². The normalized spacial score (nSPS) is 11.4. The Kier molecular flexibility index (Phi) is 13.9. The molecule has 0 radical (unpaired) electrons. The topological polar surface area (TPSA) is 175 Å². The highest BCUT2D eigenvalue weighted by atomic mass is 16.5. The van der Waals surface area contributed by atoms with Gasteiger partial charge in [0.15, 0.2) is 0 Å². The maximum absolute atomic E-state index is 12.0. The number of ether oxygens (including phenoxy) is 2. The summed E-state index contributed by atoms with van der Waals surface area (Å²) < 4.78 is 10.5. The Labute approximate surface area is 193 Å². The second kappa shape index (κ2) is 16.5. The van der Waals surface area contributed by atoms with Crippen molar-refractivity contribution in [2.75, 3.05) is 45.3 Å². The van der Waals surface area contributed by atoms with Gasteiger partial charge in [0.25, 0.3) is 5.91 Å². The molecule has 0 aliphatic carbocycles. The Morgan fingerprint density at radius 1 is 0.909 bits per heavy atom. The molecule has 1 atom stereocenters. The third kappa shape index (κ3) is 13.1. The first kappa shape index (κ1) is 27.9. The number of hydrogen-bond acceptors (Lipinski definition) is 7. The highest BCUT2D eigenvalue weighted by molar-refractivity contribution is 5.94. The summed E-state index contributed by atoms with van der Waals surface area (Å²) in [6, 6.07) is 5.78. The Hall–Kier alpha value is -3.18. The van der Waals surface area contributed by atoms with Crippen molar-refractivity contribution in [2.45, 2.75) is 38.6 Å². The number of nitrogens with one attached hydrogen (secondary N) is 3. The van der Waals surface area contributed by atoms with Gasteiger partial charge in [-0.2, -0.15) is 0 Å². The van der Waals surface area contributed by atoms with Crippen LogP contribution in [0, 0.1) is 0 Å². The molecule has 0 bridgehead atoms. The van der Waals surface area contributed by atoms with Crippen LogP contribution in [0.2, 0.25) is 0 Å². The van der Waals surface area contributed by atoms with Crippen LogP contribution < -0.4 is 27.4 Å². The van der Waals surface area contributed by atoms with E-state index in [-0.39, 0.29) is 31.6 Å². The quantitative estimate of drug-likeness (QED) is 0.155. The van der Waals surface area contributed by atoms with Crippen LogP contribution in [-0.2, 0) is 23.9 Å². The summed E-state index contributed by atoms with van der Waals surface area (Å²) in [6.45, 7) is 3.21. The van der Waals surface area contributed by atoms with Gasteiger partial charge in [-0.25, -0.2) is 0 Å². The minimum Gasteiger partial charge on any atom is -0.399 e. The molecule has 1 unspecified atom stereocenters. The molecular weight excluding hydrogens is 430 g/mol. The van der Waals surface area contributed by atoms with E-state index in [1.807, 2.05) is 0 Å². The number of anilines is 1. The highest BCUT2D eigenvalue weighted by Gasteiger charge is 2.17. The Bertz CT molecular complexity index is 756. The summed E-state index contributed by atoms with van der Waals surface area (Å²) in [6.07, 6.45) is 1.98. The molecule has 0 aromatic heterocycles. The lowest BCUT2D eigenvalue weighted by Crippen LogP contribution is -2.45. The zero-order valence-corrected chi connectivity index (χ0v) is 19.1. The first-order valence-electron chi connectivity index (χ1n) is 11.0. The van der Waals surface area contributed by atoms with E-state index in [9.17, 15) is 19.2 Å². The van der Waals surface area contributed by atoms with Gasteiger partial charge in [0.2, 0.25) is 17.7 Å². The number of carbonyl (C=O) groups is 4. The third-order valence-corrected chi connectivity index (χ3v) is 4.55. The Morgan fingerprint density at radius 3 is 2.27 bits per heavy atom. The molecule has 0 aliphatic heterocycles. The average molecular weight is 466 g/mol. The second-order valence-corrected chi connectivity index (χ2v) is 7.26. The highest BCUT2D eigenvalue weighted by Crippen LogP contribution is 2.06. The average Bonchev–Trinajstić information content (AvgIpc) is 2.79. The summed E-state index contributed by atoms with van der Waals surface area (Å²) in [5.74, 6) is -1.34. The fourth-order valence-electron chi connectivity index (χ4n) is 2.71. The van der Waals surface area contributed by atoms with Crippen molar-refractivity contribution in [1.29, 1.82) is 0 Å². The van der Waals surface area contributed by atoms with Crippen LogP contribution in [-0.4, -0.2) is 69.2 Å². The van der Waals surface area contributed by atoms with Gasteiger partial charge in [0.1, 0.15) is 12.6 Å². The smallest absolute Gasteiger partial charge is 0.251 e. The number of primary amides is 1. The first-order chi connectivity index (χ1) is 15.8. The fraction of sp³-hybridized carbons (Fsp3) is 0.545. The lowest BCUT2D eigenvalue weighted by atomic mass is 10.1. The standard InChI is InChI=1S/C22H35N5O6/c1-2-19(28)25-11-12-32-13-14-33-15-20(29)27-18(21(24)30)5-3-4-10-26-22(31)16-6-8-17(23)9-7-16/h6-9,18H,2-5,10-15,23H2,1H3,(H2,24,30)(H,25,28)(H,26,31)(H,27,29). The molecule has 1 aromatic carbocycles. The predicted octanol–water partition coefficient (Wildman–Crippen LogP) is -0.302. The fourth-order valence-corrected chi connectivity index (χ4v) is 2.71. The van der Waals surface area contributed by atoms with Crippen LogP contribution in [0.3, 0.4) is 0 Å². The van der Waals surface area contributed by atoms with Gasteiger partial charge >= 0.3 is 0 Å². The SMILES string of the molecule is CCC(=O)NCCOCCOCC(=O)NC(CCCCNC(=O)c1ccc(N)cc1)C(N)=O. The van der Waals surface area contributed by atoms with Crippen molar-refractivity contribution in [3.05, 3.63) is 29.8 Å².